The zero-order chi connectivity index (χ0) is 14.0. The highest BCUT2D eigenvalue weighted by molar-refractivity contribution is 5.61. The molecule has 0 saturated heterocycles. The normalized spacial score (nSPS) is 11.8. The molecule has 19 heavy (non-hydrogen) atoms. The van der Waals surface area contributed by atoms with Crippen LogP contribution in [0.3, 0.4) is 0 Å². The molecule has 0 aliphatic carbocycles. The molecule has 102 valence electrons. The fourth-order valence-corrected chi connectivity index (χ4v) is 1.68. The molecular formula is C12H10F4N2O. The molecule has 0 radical (unpaired) electrons. The van der Waals surface area contributed by atoms with Crippen molar-refractivity contribution in [3.63, 3.8) is 0 Å². The number of oxazole rings is 1. The van der Waals surface area contributed by atoms with Gasteiger partial charge in [-0.2, -0.15) is 13.2 Å². The molecule has 1 aromatic carbocycles. The van der Waals surface area contributed by atoms with E-state index in [1.165, 1.54) is 6.07 Å². The topological polar surface area (TPSA) is 38.1 Å². The number of aromatic nitrogens is 1. The maximum atomic E-state index is 13.2. The van der Waals surface area contributed by atoms with Crippen LogP contribution in [0.1, 0.15) is 11.3 Å². The first kappa shape index (κ1) is 13.5. The summed E-state index contributed by atoms with van der Waals surface area (Å²) >= 11 is 0. The summed E-state index contributed by atoms with van der Waals surface area (Å²) in [6.45, 7) is 0.338. The second-order valence-corrected chi connectivity index (χ2v) is 3.85. The van der Waals surface area contributed by atoms with Gasteiger partial charge in [0.15, 0.2) is 12.2 Å². The predicted molar refractivity (Wildman–Crippen MR) is 59.7 cm³/mol. The van der Waals surface area contributed by atoms with Gasteiger partial charge in [-0.3, -0.25) is 0 Å². The summed E-state index contributed by atoms with van der Waals surface area (Å²) in [6, 6.07) is 2.71. The first-order chi connectivity index (χ1) is 8.93. The predicted octanol–water partition coefficient (Wildman–Crippen LogP) is 3.22. The zero-order valence-electron chi connectivity index (χ0n) is 9.88. The minimum absolute atomic E-state index is 0.136. The molecule has 3 nitrogen and oxygen atoms in total. The SMILES string of the molecule is CNCc1ncoc1-c1ccc(F)c(C(F)(F)F)c1. The third kappa shape index (κ3) is 2.76. The molecule has 7 heteroatoms. The van der Waals surface area contributed by atoms with Crippen LogP contribution in [-0.2, 0) is 12.7 Å². The van der Waals surface area contributed by atoms with Crippen LogP contribution in [0, 0.1) is 5.82 Å². The highest BCUT2D eigenvalue weighted by Crippen LogP contribution is 2.34. The van der Waals surface area contributed by atoms with Crippen molar-refractivity contribution in [2.45, 2.75) is 12.7 Å². The van der Waals surface area contributed by atoms with Crippen molar-refractivity contribution in [3.05, 3.63) is 41.7 Å². The Kier molecular flexibility index (Phi) is 3.57. The number of nitrogens with zero attached hydrogens (tertiary/aromatic N) is 1. The fraction of sp³-hybridized carbons (Fsp3) is 0.250. The summed E-state index contributed by atoms with van der Waals surface area (Å²) < 4.78 is 56.1. The molecule has 1 heterocycles. The fourth-order valence-electron chi connectivity index (χ4n) is 1.68. The summed E-state index contributed by atoms with van der Waals surface area (Å²) in [6.07, 6.45) is -3.61. The number of rotatable bonds is 3. The molecule has 0 amide bonds. The molecule has 0 aliphatic heterocycles. The van der Waals surface area contributed by atoms with E-state index >= 15 is 0 Å². The Labute approximate surface area is 106 Å². The average molecular weight is 274 g/mol. The molecule has 2 aromatic rings. The minimum atomic E-state index is -4.75. The molecule has 0 atom stereocenters. The van der Waals surface area contributed by atoms with Crippen molar-refractivity contribution in [3.8, 4) is 11.3 Å². The van der Waals surface area contributed by atoms with Gasteiger partial charge in [-0.1, -0.05) is 0 Å². The van der Waals surface area contributed by atoms with Crippen molar-refractivity contribution < 1.29 is 22.0 Å². The van der Waals surface area contributed by atoms with Gasteiger partial charge in [0.1, 0.15) is 11.5 Å². The molecule has 0 spiro atoms. The van der Waals surface area contributed by atoms with E-state index in [0.717, 1.165) is 18.5 Å². The van der Waals surface area contributed by atoms with Gasteiger partial charge in [0.25, 0.3) is 0 Å². The smallest absolute Gasteiger partial charge is 0.419 e. The summed E-state index contributed by atoms with van der Waals surface area (Å²) in [5.74, 6) is -1.12. The lowest BCUT2D eigenvalue weighted by Gasteiger charge is -2.09. The van der Waals surface area contributed by atoms with E-state index in [1.54, 1.807) is 7.05 Å². The summed E-state index contributed by atoms with van der Waals surface area (Å²) in [4.78, 5) is 3.89. The largest absolute Gasteiger partial charge is 0.443 e. The van der Waals surface area contributed by atoms with Crippen molar-refractivity contribution in [1.82, 2.24) is 10.3 Å². The zero-order valence-corrected chi connectivity index (χ0v) is 9.88. The first-order valence-electron chi connectivity index (χ1n) is 5.37. The Morgan fingerprint density at radius 1 is 1.32 bits per heavy atom. The third-order valence-corrected chi connectivity index (χ3v) is 2.52. The first-order valence-corrected chi connectivity index (χ1v) is 5.37. The van der Waals surface area contributed by atoms with E-state index in [4.69, 9.17) is 4.42 Å². The van der Waals surface area contributed by atoms with Crippen LogP contribution >= 0.6 is 0 Å². The van der Waals surface area contributed by atoms with Crippen LogP contribution in [0.25, 0.3) is 11.3 Å². The molecule has 1 N–H and O–H groups in total. The van der Waals surface area contributed by atoms with E-state index in [0.29, 0.717) is 12.2 Å². The maximum absolute atomic E-state index is 13.2. The summed E-state index contributed by atoms with van der Waals surface area (Å²) in [5, 5.41) is 2.82. The number of hydrogen-bond donors (Lipinski definition) is 1. The van der Waals surface area contributed by atoms with Crippen LogP contribution in [0.5, 0.6) is 0 Å². The van der Waals surface area contributed by atoms with Gasteiger partial charge in [0.2, 0.25) is 0 Å². The van der Waals surface area contributed by atoms with Crippen molar-refractivity contribution >= 4 is 0 Å². The Balaban J connectivity index is 2.49. The number of benzene rings is 1. The Hall–Kier alpha value is -1.89. The Morgan fingerprint density at radius 2 is 2.05 bits per heavy atom. The van der Waals surface area contributed by atoms with Crippen molar-refractivity contribution in [2.24, 2.45) is 0 Å². The third-order valence-electron chi connectivity index (χ3n) is 2.52. The molecular weight excluding hydrogens is 264 g/mol. The number of hydrogen-bond acceptors (Lipinski definition) is 3. The van der Waals surface area contributed by atoms with Crippen LogP contribution in [0.15, 0.2) is 29.0 Å². The molecule has 0 fully saturated rings. The molecule has 0 aliphatic rings. The highest BCUT2D eigenvalue weighted by atomic mass is 19.4. The second-order valence-electron chi connectivity index (χ2n) is 3.85. The van der Waals surface area contributed by atoms with Gasteiger partial charge in [0.05, 0.1) is 5.56 Å². The molecule has 0 unspecified atom stereocenters. The minimum Gasteiger partial charge on any atom is -0.443 e. The lowest BCUT2D eigenvalue weighted by atomic mass is 10.1. The number of alkyl halides is 3. The molecule has 1 aromatic heterocycles. The monoisotopic (exact) mass is 274 g/mol. The average Bonchev–Trinajstić information content (AvgIpc) is 2.77. The van der Waals surface area contributed by atoms with E-state index in [2.05, 4.69) is 10.3 Å². The van der Waals surface area contributed by atoms with Crippen LogP contribution in [0.2, 0.25) is 0 Å². The van der Waals surface area contributed by atoms with E-state index in [9.17, 15) is 17.6 Å². The van der Waals surface area contributed by atoms with E-state index in [-0.39, 0.29) is 11.3 Å². The van der Waals surface area contributed by atoms with Gasteiger partial charge in [-0.25, -0.2) is 9.37 Å². The van der Waals surface area contributed by atoms with Gasteiger partial charge in [-0.05, 0) is 25.2 Å². The standard InChI is InChI=1S/C12H10F4N2O/c1-17-5-10-11(19-6-18-10)7-2-3-9(13)8(4-7)12(14,15)16/h2-4,6,17H,5H2,1H3. The van der Waals surface area contributed by atoms with Gasteiger partial charge >= 0.3 is 6.18 Å². The summed E-state index contributed by atoms with van der Waals surface area (Å²) in [7, 11) is 1.67. The quantitative estimate of drug-likeness (QED) is 0.873. The lowest BCUT2D eigenvalue weighted by molar-refractivity contribution is -0.139. The lowest BCUT2D eigenvalue weighted by Crippen LogP contribution is -2.09. The van der Waals surface area contributed by atoms with E-state index < -0.39 is 17.6 Å². The van der Waals surface area contributed by atoms with Crippen molar-refractivity contribution in [2.75, 3.05) is 7.05 Å². The molecule has 2 rings (SSSR count). The molecule has 0 bridgehead atoms. The van der Waals surface area contributed by atoms with Gasteiger partial charge in [0, 0.05) is 12.1 Å². The Morgan fingerprint density at radius 3 is 2.68 bits per heavy atom. The van der Waals surface area contributed by atoms with Crippen LogP contribution < -0.4 is 5.32 Å². The maximum Gasteiger partial charge on any atom is 0.419 e. The van der Waals surface area contributed by atoms with Crippen molar-refractivity contribution in [1.29, 1.82) is 0 Å². The number of halogens is 4. The highest BCUT2D eigenvalue weighted by Gasteiger charge is 2.34. The number of nitrogens with one attached hydrogen (secondary N) is 1. The van der Waals surface area contributed by atoms with Gasteiger partial charge < -0.3 is 9.73 Å². The summed E-state index contributed by atoms with van der Waals surface area (Å²) in [5.41, 5.74) is -0.726. The van der Waals surface area contributed by atoms with Crippen LogP contribution in [-0.4, -0.2) is 12.0 Å². The van der Waals surface area contributed by atoms with Gasteiger partial charge in [-0.15, -0.1) is 0 Å². The molecule has 0 saturated carbocycles. The van der Waals surface area contributed by atoms with E-state index in [1.807, 2.05) is 0 Å². The Bertz CT molecular complexity index is 577. The second kappa shape index (κ2) is 5.00. The van der Waals surface area contributed by atoms with Crippen LogP contribution in [0.4, 0.5) is 17.6 Å².